The Kier molecular flexibility index (Phi) is 5.80. The van der Waals surface area contributed by atoms with E-state index in [2.05, 4.69) is 15.9 Å². The van der Waals surface area contributed by atoms with Crippen molar-refractivity contribution in [1.82, 2.24) is 0 Å². The van der Waals surface area contributed by atoms with Crippen molar-refractivity contribution in [3.8, 4) is 0 Å². The number of hydrogen-bond donors (Lipinski definition) is 0. The zero-order chi connectivity index (χ0) is 9.52. The van der Waals surface area contributed by atoms with Gasteiger partial charge in [0.2, 0.25) is 0 Å². The summed E-state index contributed by atoms with van der Waals surface area (Å²) in [4.78, 5) is 1.02. The Morgan fingerprint density at radius 3 is 1.77 bits per heavy atom. The number of thiophene rings is 1. The van der Waals surface area contributed by atoms with E-state index < -0.39 is 12.4 Å². The van der Waals surface area contributed by atoms with Gasteiger partial charge in [0, 0.05) is 9.35 Å². The molecule has 0 spiro atoms. The van der Waals surface area contributed by atoms with Crippen molar-refractivity contribution in [2.24, 2.45) is 0 Å². The second-order valence-electron chi connectivity index (χ2n) is 2.52. The van der Waals surface area contributed by atoms with Gasteiger partial charge in [-0.15, -0.1) is 11.3 Å². The zero-order valence-electron chi connectivity index (χ0n) is 7.50. The summed E-state index contributed by atoms with van der Waals surface area (Å²) in [6.07, 6.45) is 0. The summed E-state index contributed by atoms with van der Waals surface area (Å²) in [5.74, 6) is 0. The maximum Gasteiger partial charge on any atom is 1.00 e. The van der Waals surface area contributed by atoms with Crippen LogP contribution in [0.1, 0.15) is 9.75 Å². The Labute approximate surface area is 130 Å². The average Bonchev–Trinajstić information content (AvgIpc) is 2.05. The standard InChI is InChI=1S/C6H6BBrF3S.K/c1-3-5(7(9,10)11)6(8)4(2)12-3;/h1-2H3;/q-1;+1. The second-order valence-corrected chi connectivity index (χ2v) is 4.74. The molecule has 0 N–H and O–H groups in total. The minimum Gasteiger partial charge on any atom is -0.445 e. The molecule has 0 amide bonds. The van der Waals surface area contributed by atoms with Gasteiger partial charge in [-0.2, -0.15) is 0 Å². The van der Waals surface area contributed by atoms with Crippen LogP contribution in [0.3, 0.4) is 0 Å². The molecule has 0 aromatic carbocycles. The van der Waals surface area contributed by atoms with Gasteiger partial charge in [-0.3, -0.25) is 0 Å². The summed E-state index contributed by atoms with van der Waals surface area (Å²) >= 11 is 4.11. The molecular formula is C6H6BBrF3KS. The summed E-state index contributed by atoms with van der Waals surface area (Å²) in [5.41, 5.74) is -0.475. The molecule has 0 aliphatic rings. The fraction of sp³-hybridized carbons (Fsp3) is 0.333. The molecule has 1 aromatic rings. The fourth-order valence-electron chi connectivity index (χ4n) is 1.05. The first-order valence-corrected chi connectivity index (χ1v) is 4.90. The van der Waals surface area contributed by atoms with E-state index in [-0.39, 0.29) is 55.9 Å². The van der Waals surface area contributed by atoms with Crippen LogP contribution in [0, 0.1) is 13.8 Å². The van der Waals surface area contributed by atoms with Crippen LogP contribution in [0.15, 0.2) is 4.47 Å². The maximum atomic E-state index is 12.4. The van der Waals surface area contributed by atoms with Gasteiger partial charge in [-0.05, 0) is 18.7 Å². The van der Waals surface area contributed by atoms with Crippen LogP contribution in [-0.2, 0) is 0 Å². The van der Waals surface area contributed by atoms with Crippen molar-refractivity contribution >= 4 is 39.7 Å². The van der Waals surface area contributed by atoms with Gasteiger partial charge in [0.1, 0.15) is 0 Å². The first kappa shape index (κ1) is 14.7. The van der Waals surface area contributed by atoms with E-state index in [1.165, 1.54) is 18.3 Å². The third kappa shape index (κ3) is 3.32. The molecule has 0 atom stereocenters. The summed E-state index contributed by atoms with van der Waals surface area (Å²) in [6, 6.07) is 0. The van der Waals surface area contributed by atoms with Gasteiger partial charge in [0.25, 0.3) is 0 Å². The molecule has 0 fully saturated rings. The molecule has 7 heteroatoms. The maximum absolute atomic E-state index is 12.4. The third-order valence-corrected chi connectivity index (χ3v) is 3.88. The predicted octanol–water partition coefficient (Wildman–Crippen LogP) is 0.186. The Morgan fingerprint density at radius 2 is 1.62 bits per heavy atom. The molecule has 68 valence electrons. The van der Waals surface area contributed by atoms with Gasteiger partial charge >= 0.3 is 58.4 Å². The van der Waals surface area contributed by atoms with Crippen LogP contribution in [0.4, 0.5) is 12.9 Å². The quantitative estimate of drug-likeness (QED) is 0.649. The van der Waals surface area contributed by atoms with Gasteiger partial charge < -0.3 is 12.9 Å². The molecule has 0 aliphatic heterocycles. The Balaban J connectivity index is 0.00000144. The molecule has 0 bridgehead atoms. The monoisotopic (exact) mass is 296 g/mol. The molecule has 1 heterocycles. The summed E-state index contributed by atoms with van der Waals surface area (Å²) in [7, 11) is 0. The van der Waals surface area contributed by atoms with Gasteiger partial charge in [0.15, 0.2) is 0 Å². The summed E-state index contributed by atoms with van der Waals surface area (Å²) < 4.78 is 37.3. The molecule has 1 rings (SSSR count). The normalized spacial score (nSPS) is 11.2. The molecule has 0 saturated carbocycles. The van der Waals surface area contributed by atoms with Crippen LogP contribution in [0.5, 0.6) is 0 Å². The van der Waals surface area contributed by atoms with Crippen LogP contribution in [0.2, 0.25) is 0 Å². The van der Waals surface area contributed by atoms with Crippen LogP contribution in [0.25, 0.3) is 0 Å². The minimum absolute atomic E-state index is 0. The van der Waals surface area contributed by atoms with Crippen molar-refractivity contribution in [3.63, 3.8) is 0 Å². The van der Waals surface area contributed by atoms with Crippen molar-refractivity contribution in [2.75, 3.05) is 0 Å². The third-order valence-electron chi connectivity index (χ3n) is 1.56. The molecule has 0 aliphatic carbocycles. The van der Waals surface area contributed by atoms with Crippen LogP contribution >= 0.6 is 27.3 Å². The zero-order valence-corrected chi connectivity index (χ0v) is 13.0. The Hall–Kier alpha value is 1.67. The molecule has 13 heavy (non-hydrogen) atoms. The average molecular weight is 297 g/mol. The van der Waals surface area contributed by atoms with Crippen LogP contribution in [-0.4, -0.2) is 6.98 Å². The molecule has 0 radical (unpaired) electrons. The van der Waals surface area contributed by atoms with E-state index >= 15 is 0 Å². The fourth-order valence-corrected chi connectivity index (χ4v) is 2.98. The van der Waals surface area contributed by atoms with E-state index in [1.54, 1.807) is 6.92 Å². The molecule has 0 unspecified atom stereocenters. The van der Waals surface area contributed by atoms with E-state index in [9.17, 15) is 12.9 Å². The Bertz CT molecular complexity index is 310. The molecular weight excluding hydrogens is 291 g/mol. The largest absolute Gasteiger partial charge is 1.00 e. The van der Waals surface area contributed by atoms with Gasteiger partial charge in [-0.1, -0.05) is 21.4 Å². The van der Waals surface area contributed by atoms with Crippen molar-refractivity contribution in [1.29, 1.82) is 0 Å². The van der Waals surface area contributed by atoms with E-state index in [1.807, 2.05) is 0 Å². The van der Waals surface area contributed by atoms with Gasteiger partial charge in [-0.25, -0.2) is 0 Å². The van der Waals surface area contributed by atoms with Gasteiger partial charge in [0.05, 0.1) is 0 Å². The first-order valence-electron chi connectivity index (χ1n) is 3.29. The number of aryl methyl sites for hydroxylation is 2. The SMILES string of the molecule is Cc1sc(C)c([B-](F)(F)F)c1Br.[K+]. The first-order chi connectivity index (χ1) is 5.34. The van der Waals surface area contributed by atoms with E-state index in [0.29, 0.717) is 9.75 Å². The smallest absolute Gasteiger partial charge is 0.445 e. The topological polar surface area (TPSA) is 0 Å². The molecule has 1 aromatic heterocycles. The van der Waals surface area contributed by atoms with Crippen molar-refractivity contribution in [2.45, 2.75) is 13.8 Å². The summed E-state index contributed by atoms with van der Waals surface area (Å²) in [6.45, 7) is -1.70. The number of hydrogen-bond acceptors (Lipinski definition) is 1. The number of halogens is 4. The molecule has 0 nitrogen and oxygen atoms in total. The minimum atomic E-state index is -4.87. The van der Waals surface area contributed by atoms with Crippen molar-refractivity contribution < 1.29 is 64.3 Å². The predicted molar refractivity (Wildman–Crippen MR) is 50.2 cm³/mol. The Morgan fingerprint density at radius 1 is 1.15 bits per heavy atom. The summed E-state index contributed by atoms with van der Waals surface area (Å²) in [5, 5.41) is 0. The van der Waals surface area contributed by atoms with Crippen molar-refractivity contribution in [3.05, 3.63) is 14.2 Å². The van der Waals surface area contributed by atoms with Crippen LogP contribution < -0.4 is 56.8 Å². The molecule has 0 saturated heterocycles. The second kappa shape index (κ2) is 5.14. The van der Waals surface area contributed by atoms with E-state index in [4.69, 9.17) is 0 Å². The van der Waals surface area contributed by atoms with E-state index in [0.717, 1.165) is 0 Å². The number of rotatable bonds is 1.